The van der Waals surface area contributed by atoms with E-state index >= 15 is 0 Å². The van der Waals surface area contributed by atoms with Crippen molar-refractivity contribution in [3.63, 3.8) is 0 Å². The van der Waals surface area contributed by atoms with Crippen LogP contribution >= 0.6 is 11.6 Å². The highest BCUT2D eigenvalue weighted by Gasteiger charge is 2.30. The van der Waals surface area contributed by atoms with Gasteiger partial charge in [-0.25, -0.2) is 0 Å². The molecule has 0 heterocycles. The maximum atomic E-state index is 6.19. The van der Waals surface area contributed by atoms with Gasteiger partial charge >= 0.3 is 0 Å². The van der Waals surface area contributed by atoms with Gasteiger partial charge in [0.1, 0.15) is 11.4 Å². The Bertz CT molecular complexity index is 459. The van der Waals surface area contributed by atoms with E-state index in [1.165, 1.54) is 5.57 Å². The molecule has 3 heteroatoms. The van der Waals surface area contributed by atoms with Crippen LogP contribution in [0, 0.1) is 5.92 Å². The minimum Gasteiger partial charge on any atom is -0.486 e. The van der Waals surface area contributed by atoms with Crippen molar-refractivity contribution in [1.82, 2.24) is 5.32 Å². The van der Waals surface area contributed by atoms with Gasteiger partial charge in [-0.05, 0) is 64.4 Å². The number of benzene rings is 1. The number of hydrogen-bond acceptors (Lipinski definition) is 2. The van der Waals surface area contributed by atoms with E-state index in [0.717, 1.165) is 17.3 Å². The van der Waals surface area contributed by atoms with Crippen LogP contribution in [0.4, 0.5) is 0 Å². The molecule has 0 aliphatic heterocycles. The number of hydrogen-bond donors (Lipinski definition) is 1. The van der Waals surface area contributed by atoms with E-state index in [4.69, 9.17) is 16.3 Å². The molecule has 21 heavy (non-hydrogen) atoms. The Balaban J connectivity index is 2.86. The third kappa shape index (κ3) is 6.54. The van der Waals surface area contributed by atoms with Crippen molar-refractivity contribution in [2.45, 2.75) is 53.2 Å². The molecule has 1 aromatic rings. The van der Waals surface area contributed by atoms with Gasteiger partial charge in [0.2, 0.25) is 0 Å². The second-order valence-corrected chi connectivity index (χ2v) is 7.12. The Labute approximate surface area is 134 Å². The van der Waals surface area contributed by atoms with E-state index < -0.39 is 0 Å². The molecule has 0 aromatic heterocycles. The van der Waals surface area contributed by atoms with Gasteiger partial charge in [0.25, 0.3) is 0 Å². The second kappa shape index (κ2) is 7.86. The second-order valence-electron chi connectivity index (χ2n) is 6.68. The molecule has 0 saturated heterocycles. The van der Waals surface area contributed by atoms with Gasteiger partial charge in [0, 0.05) is 5.02 Å². The summed E-state index contributed by atoms with van der Waals surface area (Å²) in [5.41, 5.74) is 0.934. The van der Waals surface area contributed by atoms with Crippen molar-refractivity contribution in [1.29, 1.82) is 0 Å². The summed E-state index contributed by atoms with van der Waals surface area (Å²) in [6.07, 6.45) is 2.23. The molecule has 0 amide bonds. The van der Waals surface area contributed by atoms with E-state index in [2.05, 4.69) is 52.9 Å². The Hall–Kier alpha value is -0.990. The van der Waals surface area contributed by atoms with E-state index in [9.17, 15) is 0 Å². The summed E-state index contributed by atoms with van der Waals surface area (Å²) >= 11 is 5.92. The number of rotatable bonds is 7. The topological polar surface area (TPSA) is 21.3 Å². The predicted octanol–water partition coefficient (Wildman–Crippen LogP) is 5.08. The maximum Gasteiger partial charge on any atom is 0.122 e. The number of allylic oxidation sites excluding steroid dienone is 1. The van der Waals surface area contributed by atoms with Gasteiger partial charge in [-0.15, -0.1) is 0 Å². The summed E-state index contributed by atoms with van der Waals surface area (Å²) in [6.45, 7) is 13.8. The number of nitrogens with one attached hydrogen (secondary N) is 1. The summed E-state index contributed by atoms with van der Waals surface area (Å²) in [4.78, 5) is 0. The third-order valence-electron chi connectivity index (χ3n) is 3.19. The molecule has 0 spiro atoms. The van der Waals surface area contributed by atoms with Crippen LogP contribution < -0.4 is 10.1 Å². The van der Waals surface area contributed by atoms with Crippen molar-refractivity contribution in [3.05, 3.63) is 40.9 Å². The fraction of sp³-hybridized carbons (Fsp3) is 0.556. The molecular formula is C18H28ClNO. The van der Waals surface area contributed by atoms with Gasteiger partial charge in [-0.2, -0.15) is 0 Å². The first-order valence-electron chi connectivity index (χ1n) is 7.53. The zero-order valence-corrected chi connectivity index (χ0v) is 14.8. The van der Waals surface area contributed by atoms with Gasteiger partial charge < -0.3 is 10.1 Å². The highest BCUT2D eigenvalue weighted by atomic mass is 35.5. The molecule has 0 fully saturated rings. The largest absolute Gasteiger partial charge is 0.486 e. The van der Waals surface area contributed by atoms with Crippen LogP contribution in [0.2, 0.25) is 5.02 Å². The summed E-state index contributed by atoms with van der Waals surface area (Å²) in [7, 11) is 0. The Morgan fingerprint density at radius 2 is 1.81 bits per heavy atom. The fourth-order valence-corrected chi connectivity index (χ4v) is 2.20. The molecule has 0 radical (unpaired) electrons. The molecule has 1 rings (SSSR count). The Kier molecular flexibility index (Phi) is 6.76. The quantitative estimate of drug-likeness (QED) is 0.709. The molecule has 1 aromatic carbocycles. The van der Waals surface area contributed by atoms with Crippen LogP contribution in [0.25, 0.3) is 0 Å². The van der Waals surface area contributed by atoms with Gasteiger partial charge in [-0.1, -0.05) is 37.1 Å². The van der Waals surface area contributed by atoms with Crippen molar-refractivity contribution in [2.75, 3.05) is 6.54 Å². The normalized spacial score (nSPS) is 13.1. The molecule has 1 N–H and O–H groups in total. The first-order valence-corrected chi connectivity index (χ1v) is 7.91. The maximum absolute atomic E-state index is 6.19. The molecule has 1 unspecified atom stereocenters. The predicted molar refractivity (Wildman–Crippen MR) is 92.2 cm³/mol. The Morgan fingerprint density at radius 3 is 2.29 bits per heavy atom. The molecule has 0 bridgehead atoms. The van der Waals surface area contributed by atoms with Crippen LogP contribution in [0.5, 0.6) is 5.75 Å². The molecule has 2 nitrogen and oxygen atoms in total. The van der Waals surface area contributed by atoms with Crippen LogP contribution in [0.15, 0.2) is 35.9 Å². The third-order valence-corrected chi connectivity index (χ3v) is 3.44. The summed E-state index contributed by atoms with van der Waals surface area (Å²) < 4.78 is 6.19. The molecule has 0 saturated carbocycles. The molecule has 0 aliphatic rings. The highest BCUT2D eigenvalue weighted by molar-refractivity contribution is 6.30. The van der Waals surface area contributed by atoms with Gasteiger partial charge in [0.05, 0.1) is 6.04 Å². The standard InChI is InChI=1S/C18H28ClNO/c1-13(2)11-17(20-12-14(3)4)18(5,6)21-16-9-7-15(19)8-10-16/h7-11,14,17,20H,12H2,1-6H3. The van der Waals surface area contributed by atoms with Crippen molar-refractivity contribution in [3.8, 4) is 5.75 Å². The first-order chi connectivity index (χ1) is 9.70. The molecule has 118 valence electrons. The summed E-state index contributed by atoms with van der Waals surface area (Å²) in [6, 6.07) is 7.67. The average molecular weight is 310 g/mol. The van der Waals surface area contributed by atoms with E-state index in [0.29, 0.717) is 5.92 Å². The lowest BCUT2D eigenvalue weighted by atomic mass is 9.95. The summed E-state index contributed by atoms with van der Waals surface area (Å²) in [5.74, 6) is 1.44. The zero-order valence-electron chi connectivity index (χ0n) is 14.0. The lowest BCUT2D eigenvalue weighted by Gasteiger charge is -2.35. The minimum absolute atomic E-state index is 0.153. The molecule has 1 atom stereocenters. The first kappa shape index (κ1) is 18.1. The van der Waals surface area contributed by atoms with E-state index in [1.807, 2.05) is 24.3 Å². The monoisotopic (exact) mass is 309 g/mol. The Morgan fingerprint density at radius 1 is 1.24 bits per heavy atom. The average Bonchev–Trinajstić information content (AvgIpc) is 2.36. The number of halogens is 1. The van der Waals surface area contributed by atoms with E-state index in [1.54, 1.807) is 0 Å². The molecule has 0 aliphatic carbocycles. The van der Waals surface area contributed by atoms with Crippen molar-refractivity contribution < 1.29 is 4.74 Å². The van der Waals surface area contributed by atoms with E-state index in [-0.39, 0.29) is 11.6 Å². The molecular weight excluding hydrogens is 282 g/mol. The van der Waals surface area contributed by atoms with Crippen LogP contribution in [-0.4, -0.2) is 18.2 Å². The lowest BCUT2D eigenvalue weighted by molar-refractivity contribution is 0.0803. The van der Waals surface area contributed by atoms with Crippen LogP contribution in [0.1, 0.15) is 41.5 Å². The zero-order chi connectivity index (χ0) is 16.0. The smallest absolute Gasteiger partial charge is 0.122 e. The SMILES string of the molecule is CC(C)=CC(NCC(C)C)C(C)(C)Oc1ccc(Cl)cc1. The summed E-state index contributed by atoms with van der Waals surface area (Å²) in [5, 5.41) is 4.32. The lowest BCUT2D eigenvalue weighted by Crippen LogP contribution is -2.50. The van der Waals surface area contributed by atoms with Gasteiger partial charge in [-0.3, -0.25) is 0 Å². The van der Waals surface area contributed by atoms with Crippen LogP contribution in [-0.2, 0) is 0 Å². The van der Waals surface area contributed by atoms with Crippen molar-refractivity contribution in [2.24, 2.45) is 5.92 Å². The number of ether oxygens (including phenoxy) is 1. The fourth-order valence-electron chi connectivity index (χ4n) is 2.07. The minimum atomic E-state index is -0.347. The van der Waals surface area contributed by atoms with Crippen molar-refractivity contribution >= 4 is 11.6 Å². The highest BCUT2D eigenvalue weighted by Crippen LogP contribution is 2.24. The van der Waals surface area contributed by atoms with Gasteiger partial charge in [0.15, 0.2) is 0 Å². The van der Waals surface area contributed by atoms with Crippen LogP contribution in [0.3, 0.4) is 0 Å².